The third-order valence-corrected chi connectivity index (χ3v) is 4.62. The van der Waals surface area contributed by atoms with E-state index in [0.29, 0.717) is 17.0 Å². The van der Waals surface area contributed by atoms with Crippen molar-refractivity contribution >= 4 is 35.4 Å². The average molecular weight is 380 g/mol. The van der Waals surface area contributed by atoms with Crippen LogP contribution in [0, 0.1) is 11.3 Å². The van der Waals surface area contributed by atoms with Crippen LogP contribution in [0.25, 0.3) is 6.08 Å². The molecule has 0 fully saturated rings. The van der Waals surface area contributed by atoms with E-state index in [1.165, 1.54) is 11.8 Å². The van der Waals surface area contributed by atoms with Crippen molar-refractivity contribution in [2.24, 2.45) is 0 Å². The van der Waals surface area contributed by atoms with E-state index in [1.54, 1.807) is 18.2 Å². The first-order valence-corrected chi connectivity index (χ1v) is 9.14. The number of benzene rings is 2. The fourth-order valence-corrected chi connectivity index (χ4v) is 3.12. The molecule has 0 saturated heterocycles. The van der Waals surface area contributed by atoms with Crippen molar-refractivity contribution in [3.63, 3.8) is 0 Å². The smallest absolute Gasteiger partial charge is 0.338 e. The van der Waals surface area contributed by atoms with Crippen LogP contribution >= 0.6 is 11.8 Å². The van der Waals surface area contributed by atoms with Gasteiger partial charge in [0.25, 0.3) is 5.91 Å². The lowest BCUT2D eigenvalue weighted by Gasteiger charge is -2.17. The number of rotatable bonds is 6. The van der Waals surface area contributed by atoms with Crippen molar-refractivity contribution in [2.75, 3.05) is 24.3 Å². The summed E-state index contributed by atoms with van der Waals surface area (Å²) in [5, 5.41) is 11.4. The normalized spacial score (nSPS) is 12.0. The number of fused-ring (bicyclic) bond motifs is 1. The summed E-state index contributed by atoms with van der Waals surface area (Å²) in [6.07, 6.45) is 1.70. The summed E-state index contributed by atoms with van der Waals surface area (Å²) < 4.78 is 10.6. The summed E-state index contributed by atoms with van der Waals surface area (Å²) >= 11 is 1.32. The molecule has 0 spiro atoms. The fraction of sp³-hybridized carbons (Fsp3) is 0.150. The van der Waals surface area contributed by atoms with E-state index in [-0.39, 0.29) is 12.4 Å². The van der Waals surface area contributed by atoms with Gasteiger partial charge < -0.3 is 14.8 Å². The molecule has 1 heterocycles. The monoisotopic (exact) mass is 380 g/mol. The molecule has 6 nitrogen and oxygen atoms in total. The Labute approximate surface area is 160 Å². The Bertz CT molecular complexity index is 934. The lowest BCUT2D eigenvalue weighted by molar-refractivity contribution is -0.143. The molecule has 0 radical (unpaired) electrons. The topological polar surface area (TPSA) is 88.4 Å². The standard InChI is InChI=1S/C20H16N2O4S/c21-9-10-27-18-8-4-2-6-16(18)22-19(23)13-26-20(24)15-11-14-5-1-3-7-17(14)25-12-15/h1-8,11H,10,12-13H2,(H,22,23). The number of ether oxygens (including phenoxy) is 2. The van der Waals surface area contributed by atoms with Crippen LogP contribution in [-0.2, 0) is 14.3 Å². The number of para-hydroxylation sites is 2. The van der Waals surface area contributed by atoms with Crippen molar-refractivity contribution < 1.29 is 19.1 Å². The number of thioether (sulfide) groups is 1. The van der Waals surface area contributed by atoms with E-state index in [9.17, 15) is 9.59 Å². The van der Waals surface area contributed by atoms with Crippen LogP contribution in [0.1, 0.15) is 5.56 Å². The molecule has 2 aromatic carbocycles. The minimum Gasteiger partial charge on any atom is -0.488 e. The number of hydrogen-bond donors (Lipinski definition) is 1. The molecule has 1 aliphatic rings. The highest BCUT2D eigenvalue weighted by molar-refractivity contribution is 7.99. The Morgan fingerprint density at radius 3 is 2.81 bits per heavy atom. The molecular weight excluding hydrogens is 364 g/mol. The van der Waals surface area contributed by atoms with E-state index in [4.69, 9.17) is 14.7 Å². The highest BCUT2D eigenvalue weighted by Gasteiger charge is 2.19. The molecule has 0 atom stereocenters. The summed E-state index contributed by atoms with van der Waals surface area (Å²) in [6.45, 7) is -0.305. The van der Waals surface area contributed by atoms with Crippen LogP contribution < -0.4 is 10.1 Å². The summed E-state index contributed by atoms with van der Waals surface area (Å²) in [5.41, 5.74) is 1.73. The predicted octanol–water partition coefficient (Wildman–Crippen LogP) is 3.26. The van der Waals surface area contributed by atoms with Crippen molar-refractivity contribution in [2.45, 2.75) is 4.90 Å². The molecule has 2 aromatic rings. The summed E-state index contributed by atoms with van der Waals surface area (Å²) in [7, 11) is 0. The molecule has 0 saturated carbocycles. The third kappa shape index (κ3) is 4.90. The molecular formula is C20H16N2O4S. The van der Waals surface area contributed by atoms with Crippen LogP contribution in [-0.4, -0.2) is 30.8 Å². The number of hydrogen-bond acceptors (Lipinski definition) is 6. The van der Waals surface area contributed by atoms with Gasteiger partial charge in [-0.1, -0.05) is 30.3 Å². The van der Waals surface area contributed by atoms with Crippen molar-refractivity contribution in [3.8, 4) is 11.8 Å². The first-order valence-electron chi connectivity index (χ1n) is 8.15. The first kappa shape index (κ1) is 18.5. The number of amides is 1. The second kappa shape index (κ2) is 8.92. The number of carbonyl (C=O) groups is 2. The van der Waals surface area contributed by atoms with E-state index in [1.807, 2.05) is 42.5 Å². The third-order valence-electron chi connectivity index (χ3n) is 3.68. The number of esters is 1. The molecule has 136 valence electrons. The highest BCUT2D eigenvalue weighted by Crippen LogP contribution is 2.27. The lowest BCUT2D eigenvalue weighted by atomic mass is 10.1. The minimum absolute atomic E-state index is 0.102. The summed E-state index contributed by atoms with van der Waals surface area (Å²) in [4.78, 5) is 25.1. The van der Waals surface area contributed by atoms with E-state index >= 15 is 0 Å². The molecule has 0 aliphatic carbocycles. The van der Waals surface area contributed by atoms with Gasteiger partial charge in [-0.3, -0.25) is 4.79 Å². The van der Waals surface area contributed by atoms with Crippen molar-refractivity contribution in [1.82, 2.24) is 0 Å². The second-order valence-corrected chi connectivity index (χ2v) is 6.58. The van der Waals surface area contributed by atoms with Gasteiger partial charge in [-0.2, -0.15) is 5.26 Å². The summed E-state index contributed by atoms with van der Waals surface area (Å²) in [6, 6.07) is 16.5. The number of anilines is 1. The minimum atomic E-state index is -0.591. The maximum Gasteiger partial charge on any atom is 0.338 e. The zero-order valence-electron chi connectivity index (χ0n) is 14.3. The Morgan fingerprint density at radius 2 is 1.96 bits per heavy atom. The number of nitrogens with zero attached hydrogens (tertiary/aromatic N) is 1. The van der Waals surface area contributed by atoms with Crippen LogP contribution in [0.5, 0.6) is 5.75 Å². The molecule has 3 rings (SSSR count). The van der Waals surface area contributed by atoms with Gasteiger partial charge in [-0.05, 0) is 24.3 Å². The Balaban J connectivity index is 1.56. The molecule has 1 aliphatic heterocycles. The second-order valence-electron chi connectivity index (χ2n) is 5.56. The molecule has 0 aromatic heterocycles. The zero-order chi connectivity index (χ0) is 19.1. The van der Waals surface area contributed by atoms with Gasteiger partial charge in [0, 0.05) is 10.5 Å². The fourth-order valence-electron chi connectivity index (χ4n) is 2.45. The lowest BCUT2D eigenvalue weighted by Crippen LogP contribution is -2.24. The maximum atomic E-state index is 12.2. The van der Waals surface area contributed by atoms with Gasteiger partial charge in [0.15, 0.2) is 6.61 Å². The van der Waals surface area contributed by atoms with Crippen LogP contribution in [0.2, 0.25) is 0 Å². The number of nitrogens with one attached hydrogen (secondary N) is 1. The molecule has 1 amide bonds. The molecule has 1 N–H and O–H groups in total. The van der Waals surface area contributed by atoms with Crippen LogP contribution in [0.3, 0.4) is 0 Å². The van der Waals surface area contributed by atoms with Gasteiger partial charge in [0.1, 0.15) is 12.4 Å². The Hall–Kier alpha value is -3.24. The number of carbonyl (C=O) groups excluding carboxylic acids is 2. The van der Waals surface area contributed by atoms with Gasteiger partial charge in [-0.25, -0.2) is 4.79 Å². The SMILES string of the molecule is N#CCSc1ccccc1NC(=O)COC(=O)C1=Cc2ccccc2OC1. The van der Waals surface area contributed by atoms with Gasteiger partial charge in [0.05, 0.1) is 23.1 Å². The molecule has 27 heavy (non-hydrogen) atoms. The first-order chi connectivity index (χ1) is 13.2. The van der Waals surface area contributed by atoms with Crippen LogP contribution in [0.4, 0.5) is 5.69 Å². The Morgan fingerprint density at radius 1 is 1.19 bits per heavy atom. The maximum absolute atomic E-state index is 12.2. The largest absolute Gasteiger partial charge is 0.488 e. The highest BCUT2D eigenvalue weighted by atomic mass is 32.2. The summed E-state index contributed by atoms with van der Waals surface area (Å²) in [5.74, 6) is -0.0616. The average Bonchev–Trinajstić information content (AvgIpc) is 2.71. The zero-order valence-corrected chi connectivity index (χ0v) is 15.1. The molecule has 0 bridgehead atoms. The number of nitriles is 1. The Kier molecular flexibility index (Phi) is 6.13. The van der Waals surface area contributed by atoms with Crippen LogP contribution in [0.15, 0.2) is 59.0 Å². The van der Waals surface area contributed by atoms with Crippen molar-refractivity contribution in [3.05, 3.63) is 59.7 Å². The van der Waals surface area contributed by atoms with Gasteiger partial charge >= 0.3 is 5.97 Å². The molecule has 0 unspecified atom stereocenters. The van der Waals surface area contributed by atoms with Gasteiger partial charge in [-0.15, -0.1) is 11.8 Å². The van der Waals surface area contributed by atoms with E-state index in [2.05, 4.69) is 5.32 Å². The molecule has 7 heteroatoms. The quantitative estimate of drug-likeness (QED) is 0.611. The van der Waals surface area contributed by atoms with Gasteiger partial charge in [0.2, 0.25) is 0 Å². The van der Waals surface area contributed by atoms with Crippen molar-refractivity contribution in [1.29, 1.82) is 5.26 Å². The predicted molar refractivity (Wildman–Crippen MR) is 102 cm³/mol. The van der Waals surface area contributed by atoms with E-state index in [0.717, 1.165) is 10.5 Å². The van der Waals surface area contributed by atoms with E-state index < -0.39 is 18.5 Å².